The molecule has 1 saturated carbocycles. The number of aryl methyl sites for hydroxylation is 2. The highest BCUT2D eigenvalue weighted by molar-refractivity contribution is 5.85. The number of rotatable bonds is 6. The Labute approximate surface area is 173 Å². The van der Waals surface area contributed by atoms with Crippen LogP contribution in [0.1, 0.15) is 35.8 Å². The number of nitrogens with zero attached hydrogens (tertiary/aromatic N) is 4. The van der Waals surface area contributed by atoms with E-state index in [1.807, 2.05) is 19.4 Å². The first-order valence-corrected chi connectivity index (χ1v) is 9.89. The molecule has 1 saturated heterocycles. The highest BCUT2D eigenvalue weighted by Crippen LogP contribution is 2.29. The lowest BCUT2D eigenvalue weighted by atomic mass is 10.1. The minimum absolute atomic E-state index is 0. The first-order chi connectivity index (χ1) is 13.1. The fourth-order valence-electron chi connectivity index (χ4n) is 3.85. The molecule has 0 bridgehead atoms. The van der Waals surface area contributed by atoms with E-state index in [2.05, 4.69) is 55.9 Å². The quantitative estimate of drug-likeness (QED) is 0.804. The molecule has 1 atom stereocenters. The third-order valence-corrected chi connectivity index (χ3v) is 5.63. The summed E-state index contributed by atoms with van der Waals surface area (Å²) in [5, 5.41) is 3.44. The Bertz CT molecular complexity index is 786. The number of carbonyl (C=O) groups excluding carboxylic acids is 1. The van der Waals surface area contributed by atoms with Crippen molar-refractivity contribution in [3.63, 3.8) is 0 Å². The molecule has 1 aliphatic heterocycles. The van der Waals surface area contributed by atoms with Crippen molar-refractivity contribution in [3.8, 4) is 0 Å². The van der Waals surface area contributed by atoms with Gasteiger partial charge in [-0.1, -0.05) is 29.8 Å². The lowest BCUT2D eigenvalue weighted by Gasteiger charge is -2.36. The molecule has 7 heteroatoms. The van der Waals surface area contributed by atoms with Gasteiger partial charge in [-0.25, -0.2) is 4.98 Å². The number of carbonyl (C=O) groups is 1. The van der Waals surface area contributed by atoms with Crippen molar-refractivity contribution in [2.75, 3.05) is 26.2 Å². The van der Waals surface area contributed by atoms with Crippen LogP contribution >= 0.6 is 12.4 Å². The molecule has 2 heterocycles. The van der Waals surface area contributed by atoms with Crippen LogP contribution in [0.25, 0.3) is 0 Å². The Morgan fingerprint density at radius 2 is 2.04 bits per heavy atom. The van der Waals surface area contributed by atoms with E-state index in [9.17, 15) is 4.79 Å². The molecule has 2 fully saturated rings. The molecule has 1 unspecified atom stereocenters. The maximum Gasteiger partial charge on any atom is 0.237 e. The Morgan fingerprint density at radius 3 is 2.68 bits per heavy atom. The van der Waals surface area contributed by atoms with Gasteiger partial charge >= 0.3 is 0 Å². The van der Waals surface area contributed by atoms with E-state index in [-0.39, 0.29) is 24.4 Å². The lowest BCUT2D eigenvalue weighted by molar-refractivity contribution is -0.134. The lowest BCUT2D eigenvalue weighted by Crippen LogP contribution is -2.51. The van der Waals surface area contributed by atoms with Crippen LogP contribution in [0.2, 0.25) is 0 Å². The largest absolute Gasteiger partial charge is 0.337 e. The van der Waals surface area contributed by atoms with Gasteiger partial charge in [-0.2, -0.15) is 0 Å². The highest BCUT2D eigenvalue weighted by atomic mass is 35.5. The zero-order valence-electron chi connectivity index (χ0n) is 16.7. The SMILES string of the molecule is Cc1ccc(CN(C(=O)CN2CCNCC2c2nccn2C)C2CC2)cc1.Cl. The van der Waals surface area contributed by atoms with Crippen LogP contribution in [-0.2, 0) is 18.4 Å². The molecule has 1 aliphatic carbocycles. The molecule has 0 radical (unpaired) electrons. The van der Waals surface area contributed by atoms with Gasteiger partial charge in [0.1, 0.15) is 5.82 Å². The minimum atomic E-state index is 0. The molecule has 1 aromatic carbocycles. The topological polar surface area (TPSA) is 53.4 Å². The van der Waals surface area contributed by atoms with Gasteiger partial charge in [0.05, 0.1) is 12.6 Å². The molecule has 1 aromatic heterocycles. The summed E-state index contributed by atoms with van der Waals surface area (Å²) in [6, 6.07) is 9.08. The molecular weight excluding hydrogens is 374 g/mol. The van der Waals surface area contributed by atoms with Gasteiger partial charge in [-0.3, -0.25) is 9.69 Å². The van der Waals surface area contributed by atoms with E-state index in [0.29, 0.717) is 19.1 Å². The van der Waals surface area contributed by atoms with Crippen molar-refractivity contribution in [2.24, 2.45) is 7.05 Å². The number of imidazole rings is 1. The molecule has 2 aromatic rings. The second-order valence-electron chi connectivity index (χ2n) is 7.83. The van der Waals surface area contributed by atoms with Gasteiger partial charge in [-0.05, 0) is 25.3 Å². The third-order valence-electron chi connectivity index (χ3n) is 5.63. The number of nitrogens with one attached hydrogen (secondary N) is 1. The smallest absolute Gasteiger partial charge is 0.237 e. The first kappa shape index (κ1) is 20.8. The summed E-state index contributed by atoms with van der Waals surface area (Å²) >= 11 is 0. The van der Waals surface area contributed by atoms with Gasteiger partial charge in [0.15, 0.2) is 0 Å². The maximum atomic E-state index is 13.2. The zero-order chi connectivity index (χ0) is 18.8. The molecule has 2 aliphatic rings. The monoisotopic (exact) mass is 403 g/mol. The number of amides is 1. The van der Waals surface area contributed by atoms with Crippen LogP contribution in [-0.4, -0.2) is 57.5 Å². The average molecular weight is 404 g/mol. The fraction of sp³-hybridized carbons (Fsp3) is 0.524. The molecule has 152 valence electrons. The first-order valence-electron chi connectivity index (χ1n) is 9.89. The number of piperazine rings is 1. The van der Waals surface area contributed by atoms with Crippen molar-refractivity contribution in [2.45, 2.75) is 38.4 Å². The summed E-state index contributed by atoms with van der Waals surface area (Å²) < 4.78 is 2.06. The van der Waals surface area contributed by atoms with E-state index in [4.69, 9.17) is 0 Å². The van der Waals surface area contributed by atoms with Gasteiger partial charge in [-0.15, -0.1) is 12.4 Å². The van der Waals surface area contributed by atoms with Crippen LogP contribution in [0.5, 0.6) is 0 Å². The standard InChI is InChI=1S/C21H29N5O.ClH/c1-16-3-5-17(6-4-16)14-26(18-7-8-18)20(27)15-25-12-9-22-13-19(25)21-23-10-11-24(21)2;/h3-6,10-11,18-19,22H,7-9,12-15H2,1-2H3;1H. The van der Waals surface area contributed by atoms with Crippen LogP contribution < -0.4 is 5.32 Å². The second kappa shape index (κ2) is 9.07. The van der Waals surface area contributed by atoms with Crippen molar-refractivity contribution >= 4 is 18.3 Å². The average Bonchev–Trinajstić information content (AvgIpc) is 3.42. The normalized spacial score (nSPS) is 19.9. The van der Waals surface area contributed by atoms with Crippen molar-refractivity contribution in [1.29, 1.82) is 0 Å². The highest BCUT2D eigenvalue weighted by Gasteiger charge is 2.35. The predicted octanol–water partition coefficient (Wildman–Crippen LogP) is 2.29. The molecule has 28 heavy (non-hydrogen) atoms. The van der Waals surface area contributed by atoms with Crippen LogP contribution in [0.4, 0.5) is 0 Å². The Kier molecular flexibility index (Phi) is 6.75. The Morgan fingerprint density at radius 1 is 1.29 bits per heavy atom. The summed E-state index contributed by atoms with van der Waals surface area (Å²) in [7, 11) is 2.02. The number of halogens is 1. The number of benzene rings is 1. The van der Waals surface area contributed by atoms with E-state index >= 15 is 0 Å². The van der Waals surface area contributed by atoms with E-state index in [1.165, 1.54) is 11.1 Å². The second-order valence-corrected chi connectivity index (χ2v) is 7.83. The summed E-state index contributed by atoms with van der Waals surface area (Å²) in [5.41, 5.74) is 2.46. The number of hydrogen-bond acceptors (Lipinski definition) is 4. The van der Waals surface area contributed by atoms with Gasteiger partial charge in [0, 0.05) is 51.7 Å². The fourth-order valence-corrected chi connectivity index (χ4v) is 3.85. The van der Waals surface area contributed by atoms with E-state index < -0.39 is 0 Å². The summed E-state index contributed by atoms with van der Waals surface area (Å²) in [6.45, 7) is 5.88. The van der Waals surface area contributed by atoms with Crippen LogP contribution in [0.3, 0.4) is 0 Å². The van der Waals surface area contributed by atoms with E-state index in [0.717, 1.165) is 38.3 Å². The third kappa shape index (κ3) is 4.74. The van der Waals surface area contributed by atoms with Gasteiger partial charge in [0.25, 0.3) is 0 Å². The molecule has 1 amide bonds. The Balaban J connectivity index is 0.00000225. The van der Waals surface area contributed by atoms with Crippen LogP contribution in [0.15, 0.2) is 36.7 Å². The maximum absolute atomic E-state index is 13.2. The number of aromatic nitrogens is 2. The van der Waals surface area contributed by atoms with E-state index in [1.54, 1.807) is 0 Å². The minimum Gasteiger partial charge on any atom is -0.337 e. The molecule has 6 nitrogen and oxygen atoms in total. The molecular formula is C21H30ClN5O. The summed E-state index contributed by atoms with van der Waals surface area (Å²) in [4.78, 5) is 22.1. The van der Waals surface area contributed by atoms with Crippen molar-refractivity contribution in [1.82, 2.24) is 24.7 Å². The Hall–Kier alpha value is -1.89. The van der Waals surface area contributed by atoms with Crippen molar-refractivity contribution < 1.29 is 4.79 Å². The number of hydrogen-bond donors (Lipinski definition) is 1. The van der Waals surface area contributed by atoms with Gasteiger partial charge in [0.2, 0.25) is 5.91 Å². The molecule has 1 N–H and O–H groups in total. The zero-order valence-corrected chi connectivity index (χ0v) is 17.5. The van der Waals surface area contributed by atoms with Crippen LogP contribution in [0, 0.1) is 6.92 Å². The summed E-state index contributed by atoms with van der Waals surface area (Å²) in [5.74, 6) is 1.26. The van der Waals surface area contributed by atoms with Crippen molar-refractivity contribution in [3.05, 3.63) is 53.6 Å². The molecule has 0 spiro atoms. The molecule has 4 rings (SSSR count). The summed E-state index contributed by atoms with van der Waals surface area (Å²) in [6.07, 6.45) is 6.06. The van der Waals surface area contributed by atoms with Gasteiger partial charge < -0.3 is 14.8 Å². The predicted molar refractivity (Wildman–Crippen MR) is 112 cm³/mol.